The van der Waals surface area contributed by atoms with Gasteiger partial charge in [0.05, 0.1) is 7.11 Å². The molecule has 108 valence electrons. The number of amides is 2. The molecule has 0 aliphatic heterocycles. The van der Waals surface area contributed by atoms with Crippen molar-refractivity contribution < 1.29 is 19.1 Å². The largest absolute Gasteiger partial charge is 0.467 e. The van der Waals surface area contributed by atoms with Crippen molar-refractivity contribution in [3.8, 4) is 0 Å². The van der Waals surface area contributed by atoms with Gasteiger partial charge < -0.3 is 15.4 Å². The number of carbonyl (C=O) groups excluding carboxylic acids is 3. The molecule has 0 heterocycles. The predicted octanol–water partition coefficient (Wildman–Crippen LogP) is 1.33. The normalized spacial score (nSPS) is 11.3. The van der Waals surface area contributed by atoms with E-state index in [0.29, 0.717) is 17.7 Å². The van der Waals surface area contributed by atoms with E-state index < -0.39 is 17.9 Å². The highest BCUT2D eigenvalue weighted by Crippen LogP contribution is 2.11. The second kappa shape index (κ2) is 7.28. The highest BCUT2D eigenvalue weighted by molar-refractivity contribution is 5.98. The number of ether oxygens (including phenoxy) is 1. The van der Waals surface area contributed by atoms with E-state index in [9.17, 15) is 14.4 Å². The van der Waals surface area contributed by atoms with E-state index in [-0.39, 0.29) is 5.91 Å². The summed E-state index contributed by atoms with van der Waals surface area (Å²) in [6, 6.07) is 5.79. The summed E-state index contributed by atoms with van der Waals surface area (Å²) in [6.45, 7) is 3.16. The van der Waals surface area contributed by atoms with Crippen LogP contribution in [0.2, 0.25) is 0 Å². The Hall–Kier alpha value is -2.37. The summed E-state index contributed by atoms with van der Waals surface area (Å²) in [5, 5.41) is 5.18. The molecule has 0 spiro atoms. The van der Waals surface area contributed by atoms with Crippen LogP contribution < -0.4 is 10.6 Å². The Kier molecular flexibility index (Phi) is 5.71. The number of anilines is 1. The lowest BCUT2D eigenvalue weighted by Gasteiger charge is -2.14. The predicted molar refractivity (Wildman–Crippen MR) is 74.3 cm³/mol. The maximum Gasteiger partial charge on any atom is 0.328 e. The van der Waals surface area contributed by atoms with Gasteiger partial charge in [0.15, 0.2) is 0 Å². The van der Waals surface area contributed by atoms with E-state index in [2.05, 4.69) is 15.4 Å². The van der Waals surface area contributed by atoms with E-state index >= 15 is 0 Å². The maximum absolute atomic E-state index is 12.0. The molecule has 0 aromatic heterocycles. The molecule has 0 aliphatic carbocycles. The molecule has 1 aromatic carbocycles. The Morgan fingerprint density at radius 1 is 1.30 bits per heavy atom. The Balaban J connectivity index is 2.81. The van der Waals surface area contributed by atoms with Crippen LogP contribution >= 0.6 is 0 Å². The van der Waals surface area contributed by atoms with Crippen LogP contribution in [-0.2, 0) is 14.3 Å². The van der Waals surface area contributed by atoms with Gasteiger partial charge in [-0.3, -0.25) is 9.59 Å². The average molecular weight is 278 g/mol. The Morgan fingerprint density at radius 2 is 2.00 bits per heavy atom. The first-order valence-corrected chi connectivity index (χ1v) is 6.24. The molecule has 6 nitrogen and oxygen atoms in total. The number of carbonyl (C=O) groups is 3. The van der Waals surface area contributed by atoms with Crippen LogP contribution in [0.3, 0.4) is 0 Å². The number of benzene rings is 1. The van der Waals surface area contributed by atoms with Gasteiger partial charge in [-0.1, -0.05) is 13.0 Å². The van der Waals surface area contributed by atoms with Gasteiger partial charge in [0.25, 0.3) is 5.91 Å². The lowest BCUT2D eigenvalue weighted by atomic mass is 10.1. The molecule has 6 heteroatoms. The first-order chi connectivity index (χ1) is 9.47. The van der Waals surface area contributed by atoms with Crippen LogP contribution in [0.15, 0.2) is 24.3 Å². The van der Waals surface area contributed by atoms with E-state index in [4.69, 9.17) is 0 Å². The highest BCUT2D eigenvalue weighted by Gasteiger charge is 2.20. The lowest BCUT2D eigenvalue weighted by molar-refractivity contribution is -0.142. The Morgan fingerprint density at radius 3 is 2.55 bits per heavy atom. The van der Waals surface area contributed by atoms with Gasteiger partial charge in [-0.25, -0.2) is 4.79 Å². The van der Waals surface area contributed by atoms with Crippen molar-refractivity contribution in [3.05, 3.63) is 29.8 Å². The molecule has 20 heavy (non-hydrogen) atoms. The van der Waals surface area contributed by atoms with Crippen LogP contribution in [0.5, 0.6) is 0 Å². The molecule has 0 aliphatic rings. The van der Waals surface area contributed by atoms with Gasteiger partial charge in [0.1, 0.15) is 6.04 Å². The molecule has 2 amide bonds. The number of hydrogen-bond acceptors (Lipinski definition) is 4. The number of esters is 1. The smallest absolute Gasteiger partial charge is 0.328 e. The summed E-state index contributed by atoms with van der Waals surface area (Å²) < 4.78 is 4.61. The number of hydrogen-bond donors (Lipinski definition) is 2. The van der Waals surface area contributed by atoms with Crippen molar-refractivity contribution >= 4 is 23.5 Å². The van der Waals surface area contributed by atoms with E-state index in [1.807, 2.05) is 0 Å². The standard InChI is InChI=1S/C14H18N2O4/c1-4-12(14(19)20-3)16-13(18)10-6-5-7-11(8-10)15-9(2)17/h5-8,12H,4H2,1-3H3,(H,15,17)(H,16,18)/t12-/m1/s1. The third kappa shape index (κ3) is 4.38. The van der Waals surface area contributed by atoms with Crippen LogP contribution in [0.1, 0.15) is 30.6 Å². The quantitative estimate of drug-likeness (QED) is 0.796. The molecule has 1 aromatic rings. The van der Waals surface area contributed by atoms with Crippen molar-refractivity contribution in [3.63, 3.8) is 0 Å². The first-order valence-electron chi connectivity index (χ1n) is 6.24. The SMILES string of the molecule is CC[C@@H](NC(=O)c1cccc(NC(C)=O)c1)C(=O)OC. The molecule has 1 atom stereocenters. The summed E-state index contributed by atoms with van der Waals surface area (Å²) in [5.74, 6) is -1.10. The number of methoxy groups -OCH3 is 1. The fourth-order valence-electron chi connectivity index (χ4n) is 1.65. The third-order valence-corrected chi connectivity index (χ3v) is 2.64. The summed E-state index contributed by atoms with van der Waals surface area (Å²) in [7, 11) is 1.27. The van der Waals surface area contributed by atoms with Gasteiger partial charge >= 0.3 is 5.97 Å². The van der Waals surface area contributed by atoms with Gasteiger partial charge in [0, 0.05) is 18.2 Å². The maximum atomic E-state index is 12.0. The topological polar surface area (TPSA) is 84.5 Å². The van der Waals surface area contributed by atoms with E-state index in [0.717, 1.165) is 0 Å². The minimum atomic E-state index is -0.683. The van der Waals surface area contributed by atoms with E-state index in [1.165, 1.54) is 14.0 Å². The zero-order valence-corrected chi connectivity index (χ0v) is 11.7. The third-order valence-electron chi connectivity index (χ3n) is 2.64. The van der Waals surface area contributed by atoms with E-state index in [1.54, 1.807) is 31.2 Å². The Bertz CT molecular complexity index is 514. The minimum absolute atomic E-state index is 0.219. The molecule has 0 unspecified atom stereocenters. The van der Waals surface area contributed by atoms with Crippen molar-refractivity contribution in [2.24, 2.45) is 0 Å². The second-order valence-electron chi connectivity index (χ2n) is 4.22. The molecular formula is C14H18N2O4. The van der Waals surface area contributed by atoms with Crippen molar-refractivity contribution in [1.29, 1.82) is 0 Å². The van der Waals surface area contributed by atoms with Crippen molar-refractivity contribution in [1.82, 2.24) is 5.32 Å². The first kappa shape index (κ1) is 15.7. The number of rotatable bonds is 5. The molecule has 2 N–H and O–H groups in total. The van der Waals surface area contributed by atoms with Crippen LogP contribution in [0.25, 0.3) is 0 Å². The minimum Gasteiger partial charge on any atom is -0.467 e. The summed E-state index contributed by atoms with van der Waals surface area (Å²) in [5.41, 5.74) is 0.884. The summed E-state index contributed by atoms with van der Waals surface area (Å²) >= 11 is 0. The lowest BCUT2D eigenvalue weighted by Crippen LogP contribution is -2.41. The zero-order valence-electron chi connectivity index (χ0n) is 11.7. The monoisotopic (exact) mass is 278 g/mol. The molecule has 0 saturated carbocycles. The second-order valence-corrected chi connectivity index (χ2v) is 4.22. The van der Waals surface area contributed by atoms with Crippen LogP contribution in [0.4, 0.5) is 5.69 Å². The van der Waals surface area contributed by atoms with Gasteiger partial charge in [-0.15, -0.1) is 0 Å². The molecule has 0 radical (unpaired) electrons. The Labute approximate surface area is 117 Å². The molecule has 1 rings (SSSR count). The summed E-state index contributed by atoms with van der Waals surface area (Å²) in [6.07, 6.45) is 0.434. The fraction of sp³-hybridized carbons (Fsp3) is 0.357. The molecule has 0 fully saturated rings. The summed E-state index contributed by atoms with van der Waals surface area (Å²) in [4.78, 5) is 34.4. The van der Waals surface area contributed by atoms with Crippen molar-refractivity contribution in [2.45, 2.75) is 26.3 Å². The molecule has 0 bridgehead atoms. The van der Waals surface area contributed by atoms with Gasteiger partial charge in [-0.05, 0) is 24.6 Å². The fourth-order valence-corrected chi connectivity index (χ4v) is 1.65. The molecule has 0 saturated heterocycles. The van der Waals surface area contributed by atoms with Crippen LogP contribution in [-0.4, -0.2) is 30.9 Å². The van der Waals surface area contributed by atoms with Gasteiger partial charge in [0.2, 0.25) is 5.91 Å². The van der Waals surface area contributed by atoms with Crippen molar-refractivity contribution in [2.75, 3.05) is 12.4 Å². The van der Waals surface area contributed by atoms with Crippen LogP contribution in [0, 0.1) is 0 Å². The molecular weight excluding hydrogens is 260 g/mol. The zero-order chi connectivity index (χ0) is 15.1. The van der Waals surface area contributed by atoms with Gasteiger partial charge in [-0.2, -0.15) is 0 Å². The number of nitrogens with one attached hydrogen (secondary N) is 2. The highest BCUT2D eigenvalue weighted by atomic mass is 16.5. The average Bonchev–Trinajstić information content (AvgIpc) is 2.43.